The average molecular weight is 251 g/mol. The van der Waals surface area contributed by atoms with Crippen molar-refractivity contribution in [2.24, 2.45) is 0 Å². The number of carbonyl (C=O) groups excluding carboxylic acids is 1. The summed E-state index contributed by atoms with van der Waals surface area (Å²) < 4.78 is 0. The summed E-state index contributed by atoms with van der Waals surface area (Å²) in [7, 11) is 0. The highest BCUT2D eigenvalue weighted by Crippen LogP contribution is 2.23. The molecule has 0 spiro atoms. The van der Waals surface area contributed by atoms with E-state index in [4.69, 9.17) is 0 Å². The molecular formula is C16H13NO2. The highest BCUT2D eigenvalue weighted by molar-refractivity contribution is 6.04. The largest absolute Gasteiger partial charge is 0.508 e. The van der Waals surface area contributed by atoms with Crippen LogP contribution in [0.5, 0.6) is 5.75 Å². The molecule has 0 aliphatic rings. The van der Waals surface area contributed by atoms with Gasteiger partial charge in [0, 0.05) is 22.7 Å². The van der Waals surface area contributed by atoms with Crippen LogP contribution in [0, 0.1) is 18.8 Å². The van der Waals surface area contributed by atoms with Crippen LogP contribution in [0.3, 0.4) is 0 Å². The number of phenolic OH excluding ortho intramolecular Hbond substituents is 1. The van der Waals surface area contributed by atoms with E-state index in [9.17, 15) is 9.90 Å². The van der Waals surface area contributed by atoms with E-state index in [0.29, 0.717) is 11.3 Å². The zero-order valence-electron chi connectivity index (χ0n) is 10.5. The van der Waals surface area contributed by atoms with E-state index in [1.807, 2.05) is 30.3 Å². The van der Waals surface area contributed by atoms with Crippen LogP contribution in [-0.4, -0.2) is 11.0 Å². The molecule has 19 heavy (non-hydrogen) atoms. The van der Waals surface area contributed by atoms with E-state index in [2.05, 4.69) is 17.2 Å². The molecule has 0 saturated heterocycles. The summed E-state index contributed by atoms with van der Waals surface area (Å²) in [4.78, 5) is 11.7. The normalized spacial score (nSPS) is 9.32. The third-order valence-electron chi connectivity index (χ3n) is 2.65. The fraction of sp³-hybridized carbons (Fsp3) is 0.0625. The number of hydrogen-bond donors (Lipinski definition) is 2. The van der Waals surface area contributed by atoms with Crippen LogP contribution in [-0.2, 0) is 4.79 Å². The highest BCUT2D eigenvalue weighted by Gasteiger charge is 2.04. The average Bonchev–Trinajstić information content (AvgIpc) is 2.43. The standard InChI is InChI=1S/C16H13NO2/c1-12-14(8-5-9-15(12)18)17-16(19)11-10-13-6-3-2-4-7-13/h2-9,18H,1H3,(H,17,19). The molecule has 0 saturated carbocycles. The lowest BCUT2D eigenvalue weighted by Crippen LogP contribution is -2.09. The Morgan fingerprint density at radius 3 is 2.58 bits per heavy atom. The molecule has 3 nitrogen and oxygen atoms in total. The first-order valence-electron chi connectivity index (χ1n) is 5.83. The van der Waals surface area contributed by atoms with E-state index in [1.54, 1.807) is 25.1 Å². The summed E-state index contributed by atoms with van der Waals surface area (Å²) in [5.74, 6) is 5.03. The van der Waals surface area contributed by atoms with Gasteiger partial charge in [0.05, 0.1) is 0 Å². The Morgan fingerprint density at radius 2 is 1.84 bits per heavy atom. The molecule has 2 aromatic rings. The van der Waals surface area contributed by atoms with Crippen molar-refractivity contribution < 1.29 is 9.90 Å². The number of nitrogens with one attached hydrogen (secondary N) is 1. The number of rotatable bonds is 1. The molecule has 0 unspecified atom stereocenters. The monoisotopic (exact) mass is 251 g/mol. The van der Waals surface area contributed by atoms with E-state index < -0.39 is 5.91 Å². The third-order valence-corrected chi connectivity index (χ3v) is 2.65. The van der Waals surface area contributed by atoms with Crippen molar-refractivity contribution in [3.05, 3.63) is 59.7 Å². The Kier molecular flexibility index (Phi) is 3.84. The second-order valence-electron chi connectivity index (χ2n) is 4.02. The molecule has 2 N–H and O–H groups in total. The summed E-state index contributed by atoms with van der Waals surface area (Å²) in [5, 5.41) is 12.2. The Balaban J connectivity index is 2.11. The van der Waals surface area contributed by atoms with Crippen LogP contribution in [0.4, 0.5) is 5.69 Å². The molecular weight excluding hydrogens is 238 g/mol. The Hall–Kier alpha value is -2.73. The number of carbonyl (C=O) groups is 1. The Morgan fingerprint density at radius 1 is 1.11 bits per heavy atom. The SMILES string of the molecule is Cc1c(O)cccc1NC(=O)C#Cc1ccccc1. The third kappa shape index (κ3) is 3.36. The molecule has 0 fully saturated rings. The maximum absolute atomic E-state index is 11.7. The minimum atomic E-state index is -0.405. The summed E-state index contributed by atoms with van der Waals surface area (Å²) in [5.41, 5.74) is 1.97. The maximum Gasteiger partial charge on any atom is 0.300 e. The minimum absolute atomic E-state index is 0.147. The maximum atomic E-state index is 11.7. The van der Waals surface area contributed by atoms with E-state index in [0.717, 1.165) is 5.56 Å². The Labute approximate surface area is 111 Å². The summed E-state index contributed by atoms with van der Waals surface area (Å²) in [6.07, 6.45) is 0. The van der Waals surface area contributed by atoms with Gasteiger partial charge in [0.2, 0.25) is 0 Å². The molecule has 0 aromatic heterocycles. The fourth-order valence-electron chi connectivity index (χ4n) is 1.56. The smallest absolute Gasteiger partial charge is 0.300 e. The van der Waals surface area contributed by atoms with Crippen LogP contribution in [0.1, 0.15) is 11.1 Å². The van der Waals surface area contributed by atoms with Gasteiger partial charge in [-0.2, -0.15) is 0 Å². The number of phenols is 1. The van der Waals surface area contributed by atoms with Gasteiger partial charge in [-0.15, -0.1) is 0 Å². The van der Waals surface area contributed by atoms with Gasteiger partial charge >= 0.3 is 5.91 Å². The first kappa shape index (κ1) is 12.7. The lowest BCUT2D eigenvalue weighted by atomic mass is 10.2. The zero-order valence-corrected chi connectivity index (χ0v) is 10.5. The highest BCUT2D eigenvalue weighted by atomic mass is 16.3. The molecule has 2 aromatic carbocycles. The topological polar surface area (TPSA) is 49.3 Å². The summed E-state index contributed by atoms with van der Waals surface area (Å²) in [6.45, 7) is 1.73. The lowest BCUT2D eigenvalue weighted by molar-refractivity contribution is -0.111. The number of benzene rings is 2. The van der Waals surface area contributed by atoms with E-state index >= 15 is 0 Å². The van der Waals surface area contributed by atoms with Crippen LogP contribution in [0.25, 0.3) is 0 Å². The van der Waals surface area contributed by atoms with Crippen LogP contribution in [0.15, 0.2) is 48.5 Å². The molecule has 0 aliphatic carbocycles. The fourth-order valence-corrected chi connectivity index (χ4v) is 1.56. The van der Waals surface area contributed by atoms with Gasteiger partial charge < -0.3 is 10.4 Å². The number of aromatic hydroxyl groups is 1. The zero-order chi connectivity index (χ0) is 13.7. The first-order chi connectivity index (χ1) is 9.16. The van der Waals surface area contributed by atoms with E-state index in [1.165, 1.54) is 0 Å². The van der Waals surface area contributed by atoms with Gasteiger partial charge in [-0.1, -0.05) is 30.2 Å². The molecule has 0 atom stereocenters. The summed E-state index contributed by atoms with van der Waals surface area (Å²) >= 11 is 0. The molecule has 2 rings (SSSR count). The second kappa shape index (κ2) is 5.74. The van der Waals surface area contributed by atoms with Crippen molar-refractivity contribution >= 4 is 11.6 Å². The molecule has 3 heteroatoms. The van der Waals surface area contributed by atoms with Gasteiger partial charge in [-0.05, 0) is 31.2 Å². The van der Waals surface area contributed by atoms with Crippen LogP contribution < -0.4 is 5.32 Å². The second-order valence-corrected chi connectivity index (χ2v) is 4.02. The van der Waals surface area contributed by atoms with Gasteiger partial charge in [0.1, 0.15) is 5.75 Å². The van der Waals surface area contributed by atoms with Crippen molar-refractivity contribution in [1.82, 2.24) is 0 Å². The molecule has 94 valence electrons. The quantitative estimate of drug-likeness (QED) is 0.765. The van der Waals surface area contributed by atoms with Crippen molar-refractivity contribution in [2.45, 2.75) is 6.92 Å². The Bertz CT molecular complexity index is 651. The molecule has 1 amide bonds. The van der Waals surface area contributed by atoms with Crippen molar-refractivity contribution in [3.8, 4) is 17.6 Å². The predicted molar refractivity (Wildman–Crippen MR) is 74.8 cm³/mol. The lowest BCUT2D eigenvalue weighted by Gasteiger charge is -2.06. The van der Waals surface area contributed by atoms with Crippen LogP contribution >= 0.6 is 0 Å². The van der Waals surface area contributed by atoms with Gasteiger partial charge in [-0.3, -0.25) is 4.79 Å². The van der Waals surface area contributed by atoms with Gasteiger partial charge in [-0.25, -0.2) is 0 Å². The number of hydrogen-bond acceptors (Lipinski definition) is 2. The molecule has 0 radical (unpaired) electrons. The van der Waals surface area contributed by atoms with Crippen molar-refractivity contribution in [1.29, 1.82) is 0 Å². The van der Waals surface area contributed by atoms with Crippen molar-refractivity contribution in [2.75, 3.05) is 5.32 Å². The number of amides is 1. The van der Waals surface area contributed by atoms with Crippen molar-refractivity contribution in [3.63, 3.8) is 0 Å². The summed E-state index contributed by atoms with van der Waals surface area (Å²) in [6, 6.07) is 14.2. The van der Waals surface area contributed by atoms with Gasteiger partial charge in [0.15, 0.2) is 0 Å². The molecule has 0 aliphatic heterocycles. The van der Waals surface area contributed by atoms with Gasteiger partial charge in [0.25, 0.3) is 0 Å². The molecule has 0 bridgehead atoms. The van der Waals surface area contributed by atoms with E-state index in [-0.39, 0.29) is 5.75 Å². The predicted octanol–water partition coefficient (Wildman–Crippen LogP) is 2.69. The van der Waals surface area contributed by atoms with Crippen LogP contribution in [0.2, 0.25) is 0 Å². The first-order valence-corrected chi connectivity index (χ1v) is 5.83. The molecule has 0 heterocycles. The minimum Gasteiger partial charge on any atom is -0.508 e. The number of anilines is 1.